The zero-order valence-electron chi connectivity index (χ0n) is 12.0. The Hall–Kier alpha value is -0.620. The maximum atomic E-state index is 12.7. The van der Waals surface area contributed by atoms with Gasteiger partial charge >= 0.3 is 0 Å². The normalized spacial score (nSPS) is 22.6. The first-order chi connectivity index (χ1) is 9.67. The van der Waals surface area contributed by atoms with Crippen molar-refractivity contribution < 1.29 is 4.79 Å². The van der Waals surface area contributed by atoms with E-state index in [4.69, 9.17) is 5.73 Å². The van der Waals surface area contributed by atoms with Crippen LogP contribution in [-0.4, -0.2) is 29.9 Å². The number of amides is 1. The fourth-order valence-corrected chi connectivity index (χ4v) is 3.52. The number of nitrogens with zero attached hydrogens (tertiary/aromatic N) is 1. The van der Waals surface area contributed by atoms with Gasteiger partial charge < -0.3 is 10.6 Å². The summed E-state index contributed by atoms with van der Waals surface area (Å²) in [6, 6.07) is 8.14. The van der Waals surface area contributed by atoms with Crippen LogP contribution in [0.25, 0.3) is 0 Å². The van der Waals surface area contributed by atoms with Crippen molar-refractivity contribution in [3.05, 3.63) is 33.4 Å². The lowest BCUT2D eigenvalue weighted by Gasteiger charge is -2.39. The van der Waals surface area contributed by atoms with Crippen LogP contribution in [0.5, 0.6) is 0 Å². The summed E-state index contributed by atoms with van der Waals surface area (Å²) < 4.78 is 1.15. The van der Waals surface area contributed by atoms with Crippen LogP contribution in [0.15, 0.2) is 24.3 Å². The molecular formula is C16H23IN2O. The Morgan fingerprint density at radius 3 is 2.55 bits per heavy atom. The molecule has 110 valence electrons. The van der Waals surface area contributed by atoms with E-state index in [1.807, 2.05) is 29.2 Å². The molecule has 1 fully saturated rings. The lowest BCUT2D eigenvalue weighted by Crippen LogP contribution is -2.48. The molecule has 0 aliphatic heterocycles. The Morgan fingerprint density at radius 2 is 1.95 bits per heavy atom. The molecule has 0 radical (unpaired) electrons. The van der Waals surface area contributed by atoms with Crippen molar-refractivity contribution in [3.8, 4) is 0 Å². The van der Waals surface area contributed by atoms with Crippen LogP contribution in [0.1, 0.15) is 43.0 Å². The molecule has 0 heterocycles. The predicted molar refractivity (Wildman–Crippen MR) is 90.7 cm³/mol. The van der Waals surface area contributed by atoms with Gasteiger partial charge in [-0.15, -0.1) is 0 Å². The molecule has 2 rings (SSSR count). The van der Waals surface area contributed by atoms with Crippen molar-refractivity contribution in [2.24, 2.45) is 11.7 Å². The first kappa shape index (κ1) is 15.8. The topological polar surface area (TPSA) is 46.3 Å². The highest BCUT2D eigenvalue weighted by molar-refractivity contribution is 14.1. The highest BCUT2D eigenvalue weighted by Gasteiger charge is 2.31. The zero-order chi connectivity index (χ0) is 14.5. The van der Waals surface area contributed by atoms with E-state index in [0.717, 1.165) is 28.5 Å². The Bertz CT molecular complexity index is 446. The first-order valence-electron chi connectivity index (χ1n) is 7.44. The second kappa shape index (κ2) is 7.41. The van der Waals surface area contributed by atoms with Gasteiger partial charge in [0.25, 0.3) is 5.91 Å². The first-order valence-corrected chi connectivity index (χ1v) is 8.51. The number of nitrogens with two attached hydrogens (primary N) is 1. The molecular weight excluding hydrogens is 363 g/mol. The molecule has 2 N–H and O–H groups in total. The molecule has 0 bridgehead atoms. The third kappa shape index (κ3) is 3.52. The summed E-state index contributed by atoms with van der Waals surface area (Å²) in [5.41, 5.74) is 6.69. The van der Waals surface area contributed by atoms with E-state index in [0.29, 0.717) is 18.5 Å². The standard InChI is InChI=1S/C16H23IN2O/c1-2-19(15-6-4-3-5-13(15)11-18)16(20)12-7-9-14(17)10-8-12/h7-10,13,15H,2-6,11,18H2,1H3. The third-order valence-corrected chi connectivity index (χ3v) is 4.98. The summed E-state index contributed by atoms with van der Waals surface area (Å²) in [4.78, 5) is 14.8. The van der Waals surface area contributed by atoms with Gasteiger partial charge in [-0.05, 0) is 79.1 Å². The van der Waals surface area contributed by atoms with E-state index < -0.39 is 0 Å². The van der Waals surface area contributed by atoms with Crippen molar-refractivity contribution in [1.82, 2.24) is 4.90 Å². The van der Waals surface area contributed by atoms with Crippen molar-refractivity contribution in [1.29, 1.82) is 0 Å². The van der Waals surface area contributed by atoms with Crippen molar-refractivity contribution >= 4 is 28.5 Å². The smallest absolute Gasteiger partial charge is 0.254 e. The molecule has 1 aliphatic carbocycles. The van der Waals surface area contributed by atoms with E-state index >= 15 is 0 Å². The molecule has 2 atom stereocenters. The van der Waals surface area contributed by atoms with Crippen LogP contribution >= 0.6 is 22.6 Å². The molecule has 0 aromatic heterocycles. The molecule has 0 saturated heterocycles. The van der Waals surface area contributed by atoms with Gasteiger partial charge in [-0.25, -0.2) is 0 Å². The van der Waals surface area contributed by atoms with Crippen molar-refractivity contribution in [2.75, 3.05) is 13.1 Å². The summed E-state index contributed by atoms with van der Waals surface area (Å²) in [6.07, 6.45) is 4.69. The maximum Gasteiger partial charge on any atom is 0.254 e. The Labute approximate surface area is 135 Å². The highest BCUT2D eigenvalue weighted by atomic mass is 127. The minimum atomic E-state index is 0.147. The van der Waals surface area contributed by atoms with Crippen molar-refractivity contribution in [2.45, 2.75) is 38.6 Å². The van der Waals surface area contributed by atoms with Crippen LogP contribution < -0.4 is 5.73 Å². The van der Waals surface area contributed by atoms with Gasteiger partial charge in [-0.2, -0.15) is 0 Å². The highest BCUT2D eigenvalue weighted by Crippen LogP contribution is 2.28. The predicted octanol–water partition coefficient (Wildman–Crippen LogP) is 3.27. The monoisotopic (exact) mass is 386 g/mol. The lowest BCUT2D eigenvalue weighted by atomic mass is 9.83. The number of halogens is 1. The van der Waals surface area contributed by atoms with Crippen LogP contribution in [0, 0.1) is 9.49 Å². The van der Waals surface area contributed by atoms with Gasteiger partial charge in [0, 0.05) is 21.7 Å². The summed E-state index contributed by atoms with van der Waals surface area (Å²) >= 11 is 2.26. The summed E-state index contributed by atoms with van der Waals surface area (Å²) in [6.45, 7) is 3.50. The van der Waals surface area contributed by atoms with Crippen LogP contribution in [0.3, 0.4) is 0 Å². The number of carbonyl (C=O) groups is 1. The Morgan fingerprint density at radius 1 is 1.30 bits per heavy atom. The lowest BCUT2D eigenvalue weighted by molar-refractivity contribution is 0.0560. The fraction of sp³-hybridized carbons (Fsp3) is 0.562. The molecule has 1 aliphatic rings. The number of carbonyl (C=O) groups excluding carboxylic acids is 1. The second-order valence-corrected chi connectivity index (χ2v) is 6.69. The number of hydrogen-bond acceptors (Lipinski definition) is 2. The van der Waals surface area contributed by atoms with Crippen LogP contribution in [0.2, 0.25) is 0 Å². The van der Waals surface area contributed by atoms with Crippen LogP contribution in [0.4, 0.5) is 0 Å². The molecule has 1 aromatic rings. The van der Waals surface area contributed by atoms with E-state index in [9.17, 15) is 4.79 Å². The Balaban J connectivity index is 2.17. The summed E-state index contributed by atoms with van der Waals surface area (Å²) in [7, 11) is 0. The van der Waals surface area contributed by atoms with Gasteiger partial charge in [0.1, 0.15) is 0 Å². The average Bonchev–Trinajstić information content (AvgIpc) is 2.49. The Kier molecular flexibility index (Phi) is 5.84. The second-order valence-electron chi connectivity index (χ2n) is 5.45. The zero-order valence-corrected chi connectivity index (χ0v) is 14.2. The van der Waals surface area contributed by atoms with E-state index in [-0.39, 0.29) is 5.91 Å². The maximum absolute atomic E-state index is 12.7. The molecule has 3 nitrogen and oxygen atoms in total. The van der Waals surface area contributed by atoms with Gasteiger partial charge in [0.2, 0.25) is 0 Å². The number of rotatable bonds is 4. The van der Waals surface area contributed by atoms with Gasteiger partial charge in [0.15, 0.2) is 0 Å². The van der Waals surface area contributed by atoms with E-state index in [2.05, 4.69) is 29.5 Å². The van der Waals surface area contributed by atoms with Crippen LogP contribution in [-0.2, 0) is 0 Å². The summed E-state index contributed by atoms with van der Waals surface area (Å²) in [5.74, 6) is 0.603. The quantitative estimate of drug-likeness (QED) is 0.808. The molecule has 1 aromatic carbocycles. The van der Waals surface area contributed by atoms with Gasteiger partial charge in [-0.3, -0.25) is 4.79 Å². The SMILES string of the molecule is CCN(C(=O)c1ccc(I)cc1)C1CCCCC1CN. The molecule has 4 heteroatoms. The molecule has 1 saturated carbocycles. The number of benzene rings is 1. The third-order valence-electron chi connectivity index (χ3n) is 4.26. The van der Waals surface area contributed by atoms with E-state index in [1.54, 1.807) is 0 Å². The van der Waals surface area contributed by atoms with Gasteiger partial charge in [0.05, 0.1) is 0 Å². The van der Waals surface area contributed by atoms with Crippen molar-refractivity contribution in [3.63, 3.8) is 0 Å². The minimum absolute atomic E-state index is 0.147. The molecule has 0 spiro atoms. The fourth-order valence-electron chi connectivity index (χ4n) is 3.16. The van der Waals surface area contributed by atoms with Gasteiger partial charge in [-0.1, -0.05) is 12.8 Å². The molecule has 1 amide bonds. The summed E-state index contributed by atoms with van der Waals surface area (Å²) in [5, 5.41) is 0. The molecule has 20 heavy (non-hydrogen) atoms. The minimum Gasteiger partial charge on any atom is -0.336 e. The average molecular weight is 386 g/mol. The van der Waals surface area contributed by atoms with E-state index in [1.165, 1.54) is 12.8 Å². The molecule has 2 unspecified atom stereocenters. The largest absolute Gasteiger partial charge is 0.336 e. The number of hydrogen-bond donors (Lipinski definition) is 1.